The number of halogens is 1. The van der Waals surface area contributed by atoms with Crippen molar-refractivity contribution in [3.05, 3.63) is 70.2 Å². The highest BCUT2D eigenvalue weighted by Gasteiger charge is 2.26. The zero-order chi connectivity index (χ0) is 27.3. The maximum Gasteiger partial charge on any atom is 0.294 e. The summed E-state index contributed by atoms with van der Waals surface area (Å²) in [5, 5.41) is 13.1. The number of pyridine rings is 1. The molecular weight excluding hydrogens is 542 g/mol. The first-order chi connectivity index (χ1) is 17.2. The zero-order valence-corrected chi connectivity index (χ0v) is 22.1. The molecule has 0 aliphatic heterocycles. The molecular formula is C25H22ClNO8S2. The van der Waals surface area contributed by atoms with Gasteiger partial charge in [0.15, 0.2) is 6.54 Å². The van der Waals surface area contributed by atoms with E-state index in [1.54, 1.807) is 41.8 Å². The Balaban J connectivity index is 2.17. The average molecular weight is 564 g/mol. The second kappa shape index (κ2) is 9.66. The lowest BCUT2D eigenvalue weighted by Crippen LogP contribution is -2.38. The van der Waals surface area contributed by atoms with Gasteiger partial charge in [0, 0.05) is 23.6 Å². The topological polar surface area (TPSA) is 153 Å². The molecule has 4 rings (SSSR count). The number of hydrogen-bond donors (Lipinski definition) is 2. The van der Waals surface area contributed by atoms with Crippen molar-refractivity contribution in [3.63, 3.8) is 0 Å². The van der Waals surface area contributed by atoms with Crippen molar-refractivity contribution in [1.29, 1.82) is 0 Å². The number of nitrogens with zero attached hydrogens (tertiary/aromatic N) is 1. The summed E-state index contributed by atoms with van der Waals surface area (Å²) in [6.45, 7) is 3.68. The molecule has 0 aliphatic carbocycles. The molecule has 0 bridgehead atoms. The Morgan fingerprint density at radius 3 is 2.22 bits per heavy atom. The number of hydrogen-bond acceptors (Lipinski definition) is 6. The lowest BCUT2D eigenvalue weighted by Gasteiger charge is -2.17. The van der Waals surface area contributed by atoms with Crippen molar-refractivity contribution < 1.29 is 40.4 Å². The number of carboxylic acid groups (broad SMARTS) is 1. The monoisotopic (exact) mass is 563 g/mol. The summed E-state index contributed by atoms with van der Waals surface area (Å²) in [6.07, 6.45) is 0.0229. The smallest absolute Gasteiger partial charge is 0.294 e. The minimum atomic E-state index is -4.52. The van der Waals surface area contributed by atoms with Crippen LogP contribution in [-0.2, 0) is 26.8 Å². The van der Waals surface area contributed by atoms with Crippen molar-refractivity contribution in [3.8, 4) is 11.1 Å². The van der Waals surface area contributed by atoms with Crippen LogP contribution in [0.3, 0.4) is 0 Å². The van der Waals surface area contributed by atoms with Gasteiger partial charge in [-0.05, 0) is 55.3 Å². The quantitative estimate of drug-likeness (QED) is 0.197. The molecule has 0 saturated heterocycles. The molecule has 0 fully saturated rings. The third-order valence-electron chi connectivity index (χ3n) is 6.02. The minimum absolute atomic E-state index is 0.00847. The highest BCUT2D eigenvalue weighted by molar-refractivity contribution is 7.86. The number of carbonyl (C=O) groups excluding carboxylic acids is 1. The number of fused-ring (bicyclic) bond motifs is 2. The number of benzene rings is 3. The number of carbonyl (C=O) groups is 1. The summed E-state index contributed by atoms with van der Waals surface area (Å²) in [7, 11) is -8.76. The number of rotatable bonds is 7. The van der Waals surface area contributed by atoms with Crippen LogP contribution in [0.15, 0.2) is 53.4 Å². The van der Waals surface area contributed by atoms with Gasteiger partial charge in [-0.1, -0.05) is 23.7 Å². The van der Waals surface area contributed by atoms with Crippen molar-refractivity contribution in [2.45, 2.75) is 31.7 Å². The Kier molecular flexibility index (Phi) is 7.04. The van der Waals surface area contributed by atoms with Gasteiger partial charge in [-0.15, -0.1) is 0 Å². The molecule has 37 heavy (non-hydrogen) atoms. The maximum absolute atomic E-state index is 12.4. The van der Waals surface area contributed by atoms with E-state index < -0.39 is 36.9 Å². The first kappa shape index (κ1) is 27.0. The SMILES string of the molecule is Cc1cc(-c2ccc(S(=O)(=O)O)cc2Cl)c2c(c1)c(C(=O)[O-])c1ccc(C)cc1[n+]2CCCS(=O)(=O)O. The van der Waals surface area contributed by atoms with E-state index in [1.165, 1.54) is 12.1 Å². The molecule has 0 saturated carbocycles. The van der Waals surface area contributed by atoms with Crippen LogP contribution in [0.4, 0.5) is 0 Å². The number of aromatic carboxylic acids is 1. The van der Waals surface area contributed by atoms with E-state index in [9.17, 15) is 35.8 Å². The maximum atomic E-state index is 12.4. The summed E-state index contributed by atoms with van der Waals surface area (Å²) in [5.74, 6) is -1.92. The van der Waals surface area contributed by atoms with Crippen LogP contribution in [-0.4, -0.2) is 37.7 Å². The summed E-state index contributed by atoms with van der Waals surface area (Å²) >= 11 is 6.46. The van der Waals surface area contributed by atoms with E-state index in [2.05, 4.69) is 0 Å². The number of carboxylic acids is 1. The van der Waals surface area contributed by atoms with Gasteiger partial charge >= 0.3 is 0 Å². The van der Waals surface area contributed by atoms with Gasteiger partial charge < -0.3 is 9.90 Å². The molecule has 0 amide bonds. The van der Waals surface area contributed by atoms with Gasteiger partial charge in [-0.2, -0.15) is 21.4 Å². The van der Waals surface area contributed by atoms with Gasteiger partial charge in [-0.25, -0.2) is 0 Å². The molecule has 4 aromatic rings. The summed E-state index contributed by atoms with van der Waals surface area (Å²) in [4.78, 5) is 12.0. The Bertz CT molecular complexity index is 1820. The van der Waals surface area contributed by atoms with Crippen LogP contribution in [0.1, 0.15) is 27.9 Å². The predicted molar refractivity (Wildman–Crippen MR) is 137 cm³/mol. The Labute approximate surface area is 218 Å². The molecule has 194 valence electrons. The van der Waals surface area contributed by atoms with Crippen molar-refractivity contribution >= 4 is 59.6 Å². The molecule has 0 radical (unpaired) electrons. The fraction of sp³-hybridized carbons (Fsp3) is 0.200. The Hall–Kier alpha value is -3.09. The van der Waals surface area contributed by atoms with Crippen molar-refractivity contribution in [2.75, 3.05) is 5.75 Å². The minimum Gasteiger partial charge on any atom is -0.545 e. The zero-order valence-electron chi connectivity index (χ0n) is 19.7. The fourth-order valence-corrected chi connectivity index (χ4v) is 5.89. The highest BCUT2D eigenvalue weighted by Crippen LogP contribution is 2.37. The molecule has 3 aromatic carbocycles. The van der Waals surface area contributed by atoms with Crippen LogP contribution >= 0.6 is 11.6 Å². The van der Waals surface area contributed by atoms with Crippen LogP contribution in [0.25, 0.3) is 32.9 Å². The third-order valence-corrected chi connectivity index (χ3v) is 7.99. The van der Waals surface area contributed by atoms with E-state index in [1.807, 2.05) is 6.92 Å². The van der Waals surface area contributed by atoms with Gasteiger partial charge in [0.05, 0.1) is 38.0 Å². The lowest BCUT2D eigenvalue weighted by molar-refractivity contribution is -0.644. The first-order valence-corrected chi connectivity index (χ1v) is 14.4. The fourth-order valence-electron chi connectivity index (χ4n) is 4.54. The predicted octanol–water partition coefficient (Wildman–Crippen LogP) is 3.11. The first-order valence-electron chi connectivity index (χ1n) is 11.0. The van der Waals surface area contributed by atoms with Gasteiger partial charge in [0.2, 0.25) is 11.0 Å². The standard InChI is InChI=1S/C25H22ClNO8S2/c1-14-4-6-18-22(12-14)27(8-3-9-36(30,31)32)24-19(10-15(2)11-20(24)23(18)25(28)29)17-7-5-16(13-21(17)26)37(33,34)35/h4-7,10-13H,3,8-9H2,1-2H3,(H2-,28,29,30,31,32,33,34,35). The average Bonchev–Trinajstić information content (AvgIpc) is 2.76. The molecule has 0 spiro atoms. The number of aromatic nitrogens is 1. The molecule has 1 aromatic heterocycles. The molecule has 12 heteroatoms. The van der Waals surface area contributed by atoms with Crippen molar-refractivity contribution in [2.24, 2.45) is 0 Å². The normalized spacial score (nSPS) is 12.4. The molecule has 0 atom stereocenters. The Morgan fingerprint density at radius 2 is 1.62 bits per heavy atom. The molecule has 1 heterocycles. The molecule has 0 unspecified atom stereocenters. The van der Waals surface area contributed by atoms with Crippen LogP contribution in [0.5, 0.6) is 0 Å². The lowest BCUT2D eigenvalue weighted by atomic mass is 9.93. The summed E-state index contributed by atoms with van der Waals surface area (Å²) in [5.41, 5.74) is 3.16. The van der Waals surface area contributed by atoms with Crippen molar-refractivity contribution in [1.82, 2.24) is 0 Å². The number of aryl methyl sites for hydroxylation is 3. The van der Waals surface area contributed by atoms with Gasteiger partial charge in [0.25, 0.3) is 20.2 Å². The van der Waals surface area contributed by atoms with E-state index >= 15 is 0 Å². The van der Waals surface area contributed by atoms with Crippen LogP contribution < -0.4 is 9.67 Å². The summed E-state index contributed by atoms with van der Waals surface area (Å²) < 4.78 is 66.5. The third kappa shape index (κ3) is 5.46. The summed E-state index contributed by atoms with van der Waals surface area (Å²) in [6, 6.07) is 12.3. The molecule has 9 nitrogen and oxygen atoms in total. The van der Waals surface area contributed by atoms with E-state index in [0.717, 1.165) is 11.6 Å². The van der Waals surface area contributed by atoms with Gasteiger partial charge in [0.1, 0.15) is 0 Å². The van der Waals surface area contributed by atoms with E-state index in [0.29, 0.717) is 38.5 Å². The van der Waals surface area contributed by atoms with Crippen LogP contribution in [0, 0.1) is 13.8 Å². The van der Waals surface area contributed by atoms with Crippen LogP contribution in [0.2, 0.25) is 5.02 Å². The van der Waals surface area contributed by atoms with Gasteiger partial charge in [-0.3, -0.25) is 9.11 Å². The highest BCUT2D eigenvalue weighted by atomic mass is 35.5. The second-order valence-electron chi connectivity index (χ2n) is 8.80. The largest absolute Gasteiger partial charge is 0.545 e. The Morgan fingerprint density at radius 1 is 0.919 bits per heavy atom. The second-order valence-corrected chi connectivity index (χ2v) is 12.2. The van der Waals surface area contributed by atoms with E-state index in [-0.39, 0.29) is 23.6 Å². The van der Waals surface area contributed by atoms with E-state index in [4.69, 9.17) is 11.6 Å². The molecule has 0 aliphatic rings. The molecule has 2 N–H and O–H groups in total.